The number of hydrogen-bond acceptors (Lipinski definition) is 7. The second kappa shape index (κ2) is 10.8. The Morgan fingerprint density at radius 3 is 2.67 bits per heavy atom. The zero-order valence-corrected chi connectivity index (χ0v) is 22.4. The molecule has 0 amide bonds. The number of esters is 1. The quantitative estimate of drug-likeness (QED) is 0.465. The molecular formula is C32H34N2O5. The van der Waals surface area contributed by atoms with Crippen LogP contribution in [0.4, 0.5) is 0 Å². The largest absolute Gasteiger partial charge is 0.496 e. The van der Waals surface area contributed by atoms with Crippen LogP contribution in [0.25, 0.3) is 10.8 Å². The van der Waals surface area contributed by atoms with Crippen molar-refractivity contribution in [3.63, 3.8) is 0 Å². The summed E-state index contributed by atoms with van der Waals surface area (Å²) in [5.41, 5.74) is 3.34. The lowest BCUT2D eigenvalue weighted by Crippen LogP contribution is -2.52. The van der Waals surface area contributed by atoms with Gasteiger partial charge in [0.15, 0.2) is 0 Å². The standard InChI is InChI=1S/C32H34N2O5/c1-19-29(32(36)39-22-11-14-38-15-12-22)30(25-8-5-6-20-18-33-13-10-23(20)25)31-26(34-19)16-21(17-27(31)35)24-7-3-4-9-28(24)37-2/h3-10,13,18,21-22,26,30-31,34H,11-12,14-17H2,1-2H3/t21-,26?,30-,31?/m1/s1. The molecule has 2 fully saturated rings. The molecule has 3 aliphatic rings. The molecule has 7 heteroatoms. The Hall–Kier alpha value is -3.71. The van der Waals surface area contributed by atoms with Crippen molar-refractivity contribution >= 4 is 22.5 Å². The van der Waals surface area contributed by atoms with Gasteiger partial charge in [-0.3, -0.25) is 9.78 Å². The molecule has 6 rings (SSSR count). The summed E-state index contributed by atoms with van der Waals surface area (Å²) in [5.74, 6) is -0.175. The van der Waals surface area contributed by atoms with Gasteiger partial charge in [0.05, 0.1) is 25.9 Å². The highest BCUT2D eigenvalue weighted by atomic mass is 16.6. The Morgan fingerprint density at radius 2 is 1.85 bits per heavy atom. The zero-order valence-electron chi connectivity index (χ0n) is 22.4. The van der Waals surface area contributed by atoms with Gasteiger partial charge in [-0.15, -0.1) is 0 Å². The van der Waals surface area contributed by atoms with Crippen LogP contribution in [0.1, 0.15) is 55.6 Å². The first-order valence-corrected chi connectivity index (χ1v) is 13.8. The number of rotatable bonds is 5. The van der Waals surface area contributed by atoms with E-state index in [1.165, 1.54) is 0 Å². The monoisotopic (exact) mass is 526 g/mol. The van der Waals surface area contributed by atoms with Crippen LogP contribution in [-0.2, 0) is 19.1 Å². The first kappa shape index (κ1) is 25.6. The fourth-order valence-corrected chi connectivity index (χ4v) is 6.77. The maximum absolute atomic E-state index is 14.1. The topological polar surface area (TPSA) is 86.8 Å². The molecule has 0 bridgehead atoms. The van der Waals surface area contributed by atoms with Gasteiger partial charge in [0.1, 0.15) is 17.6 Å². The lowest BCUT2D eigenvalue weighted by atomic mass is 9.64. The number of Topliss-reactive ketones (excluding diaryl/α,β-unsaturated/α-hetero) is 1. The Kier molecular flexibility index (Phi) is 7.09. The maximum Gasteiger partial charge on any atom is 0.336 e. The van der Waals surface area contributed by atoms with Gasteiger partial charge in [0, 0.05) is 60.6 Å². The number of methoxy groups -OCH3 is 1. The van der Waals surface area contributed by atoms with Crippen LogP contribution in [0, 0.1) is 5.92 Å². The molecule has 1 aliphatic carbocycles. The molecule has 1 aromatic heterocycles. The molecule has 7 nitrogen and oxygen atoms in total. The van der Waals surface area contributed by atoms with Gasteiger partial charge in [-0.2, -0.15) is 0 Å². The second-order valence-corrected chi connectivity index (χ2v) is 10.8. The lowest BCUT2D eigenvalue weighted by Gasteiger charge is -2.45. The molecule has 4 atom stereocenters. The van der Waals surface area contributed by atoms with Crippen LogP contribution < -0.4 is 10.1 Å². The Balaban J connectivity index is 1.42. The molecule has 3 aromatic rings. The number of carbonyl (C=O) groups is 2. The van der Waals surface area contributed by atoms with E-state index in [9.17, 15) is 9.59 Å². The van der Waals surface area contributed by atoms with Gasteiger partial charge in [-0.1, -0.05) is 36.4 Å². The third-order valence-electron chi connectivity index (χ3n) is 8.56. The van der Waals surface area contributed by atoms with Crippen molar-refractivity contribution in [1.82, 2.24) is 10.3 Å². The molecule has 202 valence electrons. The highest BCUT2D eigenvalue weighted by molar-refractivity contribution is 5.97. The van der Waals surface area contributed by atoms with Crippen LogP contribution in [0.15, 0.2) is 72.2 Å². The zero-order chi connectivity index (χ0) is 26.9. The Labute approximate surface area is 228 Å². The predicted molar refractivity (Wildman–Crippen MR) is 148 cm³/mol. The van der Waals surface area contributed by atoms with Crippen LogP contribution in [-0.4, -0.2) is 49.2 Å². The molecule has 2 aromatic carbocycles. The number of aromatic nitrogens is 1. The van der Waals surface area contributed by atoms with E-state index in [1.54, 1.807) is 13.3 Å². The molecule has 0 radical (unpaired) electrons. The van der Waals surface area contributed by atoms with Crippen molar-refractivity contribution < 1.29 is 23.8 Å². The first-order valence-electron chi connectivity index (χ1n) is 13.8. The van der Waals surface area contributed by atoms with E-state index in [0.717, 1.165) is 39.8 Å². The minimum absolute atomic E-state index is 0.0308. The SMILES string of the molecule is COc1ccccc1[C@H]1CC(=O)C2C(C1)NC(C)=C(C(=O)OC1CCOCC1)[C@H]2c1cccc2cnccc12. The molecule has 2 unspecified atom stereocenters. The van der Waals surface area contributed by atoms with E-state index in [2.05, 4.69) is 16.4 Å². The highest BCUT2D eigenvalue weighted by Gasteiger charge is 2.49. The molecule has 3 heterocycles. The molecule has 1 saturated carbocycles. The number of carbonyl (C=O) groups excluding carboxylic acids is 2. The van der Waals surface area contributed by atoms with Gasteiger partial charge in [-0.05, 0) is 47.9 Å². The fraction of sp³-hybridized carbons (Fsp3) is 0.406. The molecule has 2 aliphatic heterocycles. The smallest absolute Gasteiger partial charge is 0.336 e. The second-order valence-electron chi connectivity index (χ2n) is 10.8. The van der Waals surface area contributed by atoms with Crippen molar-refractivity contribution in [1.29, 1.82) is 0 Å². The van der Waals surface area contributed by atoms with Crippen LogP contribution in [0.2, 0.25) is 0 Å². The van der Waals surface area contributed by atoms with Crippen LogP contribution in [0.5, 0.6) is 5.75 Å². The fourth-order valence-electron chi connectivity index (χ4n) is 6.77. The summed E-state index contributed by atoms with van der Waals surface area (Å²) in [4.78, 5) is 32.3. The van der Waals surface area contributed by atoms with Gasteiger partial charge < -0.3 is 19.5 Å². The minimum Gasteiger partial charge on any atom is -0.496 e. The summed E-state index contributed by atoms with van der Waals surface area (Å²) in [5, 5.41) is 5.57. The number of ketones is 1. The van der Waals surface area contributed by atoms with E-state index in [-0.39, 0.29) is 29.8 Å². The number of nitrogens with zero attached hydrogens (tertiary/aromatic N) is 1. The summed E-state index contributed by atoms with van der Waals surface area (Å²) < 4.78 is 17.1. The van der Waals surface area contributed by atoms with E-state index in [4.69, 9.17) is 14.2 Å². The van der Waals surface area contributed by atoms with Crippen molar-refractivity contribution in [3.05, 3.63) is 83.3 Å². The van der Waals surface area contributed by atoms with Crippen molar-refractivity contribution in [2.24, 2.45) is 5.92 Å². The molecule has 1 N–H and O–H groups in total. The number of pyridine rings is 1. The predicted octanol–water partition coefficient (Wildman–Crippen LogP) is 5.06. The maximum atomic E-state index is 14.1. The van der Waals surface area contributed by atoms with Gasteiger partial charge in [0.2, 0.25) is 0 Å². The third-order valence-corrected chi connectivity index (χ3v) is 8.56. The Bertz CT molecular complexity index is 1420. The summed E-state index contributed by atoms with van der Waals surface area (Å²) >= 11 is 0. The van der Waals surface area contributed by atoms with Crippen molar-refractivity contribution in [3.8, 4) is 5.75 Å². The summed E-state index contributed by atoms with van der Waals surface area (Å²) in [7, 11) is 1.67. The van der Waals surface area contributed by atoms with Crippen molar-refractivity contribution in [2.75, 3.05) is 20.3 Å². The third kappa shape index (κ3) is 4.80. The normalized spacial score (nSPS) is 25.6. The molecule has 39 heavy (non-hydrogen) atoms. The van der Waals surface area contributed by atoms with Gasteiger partial charge in [0.25, 0.3) is 0 Å². The first-order chi connectivity index (χ1) is 19.0. The van der Waals surface area contributed by atoms with E-state index in [1.807, 2.05) is 55.6 Å². The lowest BCUT2D eigenvalue weighted by molar-refractivity contribution is -0.149. The number of benzene rings is 2. The molecule has 0 spiro atoms. The minimum atomic E-state index is -0.416. The molecule has 1 saturated heterocycles. The average molecular weight is 527 g/mol. The number of ether oxygens (including phenoxy) is 3. The van der Waals surface area contributed by atoms with E-state index >= 15 is 0 Å². The van der Waals surface area contributed by atoms with E-state index in [0.29, 0.717) is 38.0 Å². The van der Waals surface area contributed by atoms with Crippen LogP contribution in [0.3, 0.4) is 0 Å². The highest BCUT2D eigenvalue weighted by Crippen LogP contribution is 2.49. The average Bonchev–Trinajstić information content (AvgIpc) is 2.96. The summed E-state index contributed by atoms with van der Waals surface area (Å²) in [6.07, 6.45) is 5.93. The van der Waals surface area contributed by atoms with Gasteiger partial charge in [-0.25, -0.2) is 4.79 Å². The van der Waals surface area contributed by atoms with Crippen LogP contribution >= 0.6 is 0 Å². The van der Waals surface area contributed by atoms with Gasteiger partial charge >= 0.3 is 5.97 Å². The van der Waals surface area contributed by atoms with Crippen molar-refractivity contribution in [2.45, 2.75) is 56.6 Å². The number of nitrogens with one attached hydrogen (secondary N) is 1. The summed E-state index contributed by atoms with van der Waals surface area (Å²) in [6.45, 7) is 3.11. The molecular weight excluding hydrogens is 492 g/mol. The Morgan fingerprint density at radius 1 is 1.05 bits per heavy atom. The number of hydrogen-bond donors (Lipinski definition) is 1. The number of fused-ring (bicyclic) bond motifs is 2. The summed E-state index contributed by atoms with van der Waals surface area (Å²) in [6, 6.07) is 15.8. The number of para-hydroxylation sites is 1. The number of allylic oxidation sites excluding steroid dienone is 1. The van der Waals surface area contributed by atoms with E-state index < -0.39 is 11.8 Å².